The first-order valence-corrected chi connectivity index (χ1v) is 9.04. The van der Waals surface area contributed by atoms with Crippen LogP contribution in [0.25, 0.3) is 11.3 Å². The quantitative estimate of drug-likeness (QED) is 0.748. The van der Waals surface area contributed by atoms with Crippen molar-refractivity contribution >= 4 is 11.5 Å². The predicted molar refractivity (Wildman–Crippen MR) is 103 cm³/mol. The number of aliphatic imine (C=N–C) groups is 1. The molecule has 0 saturated heterocycles. The highest BCUT2D eigenvalue weighted by atomic mass is 16.5. The largest absolute Gasteiger partial charge is 0.424 e. The van der Waals surface area contributed by atoms with Crippen molar-refractivity contribution in [2.24, 2.45) is 4.99 Å². The Kier molecular flexibility index (Phi) is 5.16. The van der Waals surface area contributed by atoms with Crippen LogP contribution in [0.1, 0.15) is 25.7 Å². The maximum Gasteiger partial charge on any atom is 0.324 e. The number of nitrogens with zero attached hydrogens (tertiary/aromatic N) is 4. The molecule has 2 heterocycles. The van der Waals surface area contributed by atoms with Gasteiger partial charge in [0.1, 0.15) is 5.75 Å². The van der Waals surface area contributed by atoms with Crippen molar-refractivity contribution < 1.29 is 9.84 Å². The Labute approximate surface area is 157 Å². The van der Waals surface area contributed by atoms with Crippen molar-refractivity contribution in [3.05, 3.63) is 60.9 Å². The van der Waals surface area contributed by atoms with Gasteiger partial charge in [-0.15, -0.1) is 0 Å². The van der Waals surface area contributed by atoms with Gasteiger partial charge in [-0.1, -0.05) is 24.3 Å². The fourth-order valence-electron chi connectivity index (χ4n) is 2.99. The second kappa shape index (κ2) is 8.05. The lowest BCUT2D eigenvalue weighted by Crippen LogP contribution is -2.17. The normalized spacial score (nSPS) is 16.8. The number of pyridine rings is 1. The Bertz CT molecular complexity index is 919. The third kappa shape index (κ3) is 4.35. The van der Waals surface area contributed by atoms with Gasteiger partial charge in [-0.25, -0.2) is 9.98 Å². The van der Waals surface area contributed by atoms with E-state index in [0.29, 0.717) is 11.6 Å². The number of hydrogen-bond acceptors (Lipinski definition) is 6. The molecule has 3 aromatic rings. The van der Waals surface area contributed by atoms with Gasteiger partial charge < -0.3 is 9.84 Å². The summed E-state index contributed by atoms with van der Waals surface area (Å²) in [6, 6.07) is 15.4. The number of ether oxygens (including phenoxy) is 1. The molecule has 4 rings (SSSR count). The van der Waals surface area contributed by atoms with Gasteiger partial charge in [-0.05, 0) is 49.9 Å². The number of aliphatic hydroxyl groups excluding tert-OH is 1. The van der Waals surface area contributed by atoms with Crippen LogP contribution in [0.15, 0.2) is 65.9 Å². The molecule has 0 amide bonds. The van der Waals surface area contributed by atoms with E-state index in [2.05, 4.69) is 15.0 Å². The summed E-state index contributed by atoms with van der Waals surface area (Å²) < 4.78 is 5.76. The first-order valence-electron chi connectivity index (χ1n) is 9.04. The molecular weight excluding hydrogens is 340 g/mol. The van der Waals surface area contributed by atoms with Crippen molar-refractivity contribution in [2.75, 3.05) is 0 Å². The molecule has 136 valence electrons. The lowest BCUT2D eigenvalue weighted by atomic mass is 9.96. The molecule has 1 fully saturated rings. The molecule has 0 spiro atoms. The fraction of sp³-hybridized carbons (Fsp3) is 0.238. The molecule has 1 aliphatic rings. The lowest BCUT2D eigenvalue weighted by Gasteiger charge is -2.18. The Balaban J connectivity index is 1.70. The average Bonchev–Trinajstić information content (AvgIpc) is 2.71. The van der Waals surface area contributed by atoms with Gasteiger partial charge in [0.15, 0.2) is 5.82 Å². The number of aromatic nitrogens is 3. The van der Waals surface area contributed by atoms with E-state index in [1.54, 1.807) is 12.4 Å². The van der Waals surface area contributed by atoms with E-state index in [4.69, 9.17) is 9.73 Å². The number of para-hydroxylation sites is 1. The minimum Gasteiger partial charge on any atom is -0.424 e. The van der Waals surface area contributed by atoms with Crippen LogP contribution in [0.5, 0.6) is 11.8 Å². The first-order chi connectivity index (χ1) is 13.3. The van der Waals surface area contributed by atoms with Crippen LogP contribution in [0.4, 0.5) is 5.82 Å². The molecule has 6 heteroatoms. The van der Waals surface area contributed by atoms with Crippen LogP contribution in [-0.4, -0.2) is 31.9 Å². The summed E-state index contributed by atoms with van der Waals surface area (Å²) in [7, 11) is 0. The highest BCUT2D eigenvalue weighted by Gasteiger charge is 2.17. The Morgan fingerprint density at radius 3 is 2.48 bits per heavy atom. The summed E-state index contributed by atoms with van der Waals surface area (Å²) in [5.41, 5.74) is 2.55. The van der Waals surface area contributed by atoms with Gasteiger partial charge in [0.25, 0.3) is 0 Å². The van der Waals surface area contributed by atoms with E-state index in [-0.39, 0.29) is 12.1 Å². The SMILES string of the molecule is OC1CCC(=Nc2nc(Oc3ccccc3)ncc2-c2ccccn2)CC1. The molecule has 0 atom stereocenters. The lowest BCUT2D eigenvalue weighted by molar-refractivity contribution is 0.152. The number of hydrogen-bond donors (Lipinski definition) is 1. The van der Waals surface area contributed by atoms with Crippen molar-refractivity contribution in [1.82, 2.24) is 15.0 Å². The van der Waals surface area contributed by atoms with E-state index < -0.39 is 0 Å². The molecule has 2 aromatic heterocycles. The molecule has 1 aliphatic carbocycles. The maximum absolute atomic E-state index is 9.72. The average molecular weight is 360 g/mol. The number of aliphatic hydroxyl groups is 1. The summed E-state index contributed by atoms with van der Waals surface area (Å²) in [4.78, 5) is 18.0. The second-order valence-electron chi connectivity index (χ2n) is 6.43. The molecule has 1 N–H and O–H groups in total. The minimum atomic E-state index is -0.235. The second-order valence-corrected chi connectivity index (χ2v) is 6.43. The van der Waals surface area contributed by atoms with E-state index in [1.165, 1.54) is 0 Å². The highest BCUT2D eigenvalue weighted by Crippen LogP contribution is 2.30. The van der Waals surface area contributed by atoms with Crippen molar-refractivity contribution in [1.29, 1.82) is 0 Å². The summed E-state index contributed by atoms with van der Waals surface area (Å²) >= 11 is 0. The van der Waals surface area contributed by atoms with Gasteiger partial charge in [0.05, 0.1) is 17.4 Å². The Morgan fingerprint density at radius 2 is 1.74 bits per heavy atom. The molecule has 0 unspecified atom stereocenters. The summed E-state index contributed by atoms with van der Waals surface area (Å²) in [6.07, 6.45) is 6.19. The topological polar surface area (TPSA) is 80.5 Å². The molecule has 27 heavy (non-hydrogen) atoms. The molecule has 0 aliphatic heterocycles. The predicted octanol–water partition coefficient (Wildman–Crippen LogP) is 4.34. The highest BCUT2D eigenvalue weighted by molar-refractivity contribution is 5.89. The van der Waals surface area contributed by atoms with Crippen molar-refractivity contribution in [3.63, 3.8) is 0 Å². The monoisotopic (exact) mass is 360 g/mol. The summed E-state index contributed by atoms with van der Waals surface area (Å²) in [5, 5.41) is 9.72. The minimum absolute atomic E-state index is 0.235. The third-order valence-corrected chi connectivity index (χ3v) is 4.44. The van der Waals surface area contributed by atoms with Gasteiger partial charge in [0, 0.05) is 18.1 Å². The van der Waals surface area contributed by atoms with Crippen molar-refractivity contribution in [2.45, 2.75) is 31.8 Å². The zero-order chi connectivity index (χ0) is 18.5. The van der Waals surface area contributed by atoms with E-state index in [9.17, 15) is 5.11 Å². The number of rotatable bonds is 4. The molecule has 1 saturated carbocycles. The van der Waals surface area contributed by atoms with E-state index in [1.807, 2.05) is 48.5 Å². The van der Waals surface area contributed by atoms with Gasteiger partial charge in [-0.3, -0.25) is 4.98 Å². The van der Waals surface area contributed by atoms with Crippen LogP contribution in [-0.2, 0) is 0 Å². The molecule has 1 aromatic carbocycles. The first kappa shape index (κ1) is 17.3. The summed E-state index contributed by atoms with van der Waals surface area (Å²) in [6.45, 7) is 0. The zero-order valence-corrected chi connectivity index (χ0v) is 14.8. The Hall–Kier alpha value is -3.12. The van der Waals surface area contributed by atoms with Gasteiger partial charge in [0.2, 0.25) is 0 Å². The van der Waals surface area contributed by atoms with Crippen LogP contribution < -0.4 is 4.74 Å². The maximum atomic E-state index is 9.72. The fourth-order valence-corrected chi connectivity index (χ4v) is 2.99. The summed E-state index contributed by atoms with van der Waals surface area (Å²) in [5.74, 6) is 1.21. The van der Waals surface area contributed by atoms with Crippen LogP contribution in [0.2, 0.25) is 0 Å². The van der Waals surface area contributed by atoms with E-state index in [0.717, 1.165) is 42.7 Å². The molecule has 6 nitrogen and oxygen atoms in total. The van der Waals surface area contributed by atoms with Crippen LogP contribution in [0, 0.1) is 0 Å². The molecule has 0 bridgehead atoms. The van der Waals surface area contributed by atoms with Crippen LogP contribution >= 0.6 is 0 Å². The van der Waals surface area contributed by atoms with E-state index >= 15 is 0 Å². The van der Waals surface area contributed by atoms with Crippen LogP contribution in [0.3, 0.4) is 0 Å². The Morgan fingerprint density at radius 1 is 0.963 bits per heavy atom. The van der Waals surface area contributed by atoms with Gasteiger partial charge in [-0.2, -0.15) is 4.98 Å². The van der Waals surface area contributed by atoms with Crippen molar-refractivity contribution in [3.8, 4) is 23.0 Å². The molecular formula is C21H20N4O2. The third-order valence-electron chi connectivity index (χ3n) is 4.44. The smallest absolute Gasteiger partial charge is 0.324 e. The number of benzene rings is 1. The molecule has 0 radical (unpaired) electrons. The zero-order valence-electron chi connectivity index (χ0n) is 14.8. The standard InChI is InChI=1S/C21H20N4O2/c26-16-11-9-15(10-12-16)24-20-18(19-8-4-5-13-22-19)14-23-21(25-20)27-17-6-2-1-3-7-17/h1-8,13-14,16,26H,9-12H2. The van der Waals surface area contributed by atoms with Gasteiger partial charge >= 0.3 is 6.01 Å².